The van der Waals surface area contributed by atoms with Crippen molar-refractivity contribution in [2.75, 3.05) is 0 Å². The molecule has 0 spiro atoms. The first-order chi connectivity index (χ1) is 5.29. The minimum absolute atomic E-state index is 0.293. The van der Waals surface area contributed by atoms with Crippen LogP contribution in [0.5, 0.6) is 0 Å². The van der Waals surface area contributed by atoms with Gasteiger partial charge in [-0.05, 0) is 25.7 Å². The molecule has 0 aromatic heterocycles. The second-order valence-electron chi connectivity index (χ2n) is 3.06. The highest BCUT2D eigenvalue weighted by Gasteiger charge is 2.07. The minimum Gasteiger partial charge on any atom is -0.300 e. The lowest BCUT2D eigenvalue weighted by atomic mass is 9.98. The van der Waals surface area contributed by atoms with Crippen LogP contribution in [0.15, 0.2) is 24.3 Å². The molecule has 0 saturated carbocycles. The number of allylic oxidation sites excluding steroid dienone is 4. The summed E-state index contributed by atoms with van der Waals surface area (Å²) in [7, 11) is 0. The number of carbonyl (C=O) groups excluding carboxylic acids is 1. The first kappa shape index (κ1) is 8.25. The van der Waals surface area contributed by atoms with Gasteiger partial charge in [0.05, 0.1) is 0 Å². The number of ketones is 1. The molecule has 1 unspecified atom stereocenters. The number of hydrogen-bond donors (Lipinski definition) is 0. The fraction of sp³-hybridized carbons (Fsp3) is 0.500. The monoisotopic (exact) mass is 150 g/mol. The predicted molar refractivity (Wildman–Crippen MR) is 46.3 cm³/mol. The molecular weight excluding hydrogens is 136 g/mol. The van der Waals surface area contributed by atoms with Gasteiger partial charge in [0.2, 0.25) is 0 Å². The van der Waals surface area contributed by atoms with Gasteiger partial charge >= 0.3 is 0 Å². The van der Waals surface area contributed by atoms with Gasteiger partial charge in [-0.1, -0.05) is 24.3 Å². The average Bonchev–Trinajstić information content (AvgIpc) is 2.14. The summed E-state index contributed by atoms with van der Waals surface area (Å²) in [5.74, 6) is 0.768. The lowest BCUT2D eigenvalue weighted by Gasteiger charge is -2.06. The Morgan fingerprint density at radius 3 is 3.09 bits per heavy atom. The first-order valence-corrected chi connectivity index (χ1v) is 4.12. The molecule has 1 aliphatic rings. The van der Waals surface area contributed by atoms with E-state index < -0.39 is 0 Å². The van der Waals surface area contributed by atoms with Crippen molar-refractivity contribution >= 4 is 5.78 Å². The first-order valence-electron chi connectivity index (χ1n) is 4.12. The van der Waals surface area contributed by atoms with Gasteiger partial charge in [-0.2, -0.15) is 0 Å². The summed E-state index contributed by atoms with van der Waals surface area (Å²) in [5, 5.41) is 0. The largest absolute Gasteiger partial charge is 0.300 e. The Morgan fingerprint density at radius 2 is 2.36 bits per heavy atom. The Labute approximate surface area is 67.8 Å². The average molecular weight is 150 g/mol. The van der Waals surface area contributed by atoms with Crippen LogP contribution in [0.1, 0.15) is 26.2 Å². The summed E-state index contributed by atoms with van der Waals surface area (Å²) in [6.45, 7) is 1.66. The van der Waals surface area contributed by atoms with Crippen molar-refractivity contribution in [3.8, 4) is 0 Å². The van der Waals surface area contributed by atoms with Crippen LogP contribution in [0.25, 0.3) is 0 Å². The van der Waals surface area contributed by atoms with Gasteiger partial charge in [-0.15, -0.1) is 0 Å². The molecule has 60 valence electrons. The van der Waals surface area contributed by atoms with Gasteiger partial charge < -0.3 is 4.79 Å². The Bertz CT molecular complexity index is 189. The van der Waals surface area contributed by atoms with Gasteiger partial charge in [0.15, 0.2) is 0 Å². The van der Waals surface area contributed by atoms with Crippen molar-refractivity contribution in [1.82, 2.24) is 0 Å². The molecule has 1 atom stereocenters. The Morgan fingerprint density at radius 1 is 1.55 bits per heavy atom. The fourth-order valence-electron chi connectivity index (χ4n) is 1.34. The highest BCUT2D eigenvalue weighted by atomic mass is 16.1. The minimum atomic E-state index is 0.293. The number of rotatable bonds is 2. The fourth-order valence-corrected chi connectivity index (χ4v) is 1.34. The zero-order valence-corrected chi connectivity index (χ0v) is 6.92. The maximum atomic E-state index is 10.8. The van der Waals surface area contributed by atoms with Crippen molar-refractivity contribution in [3.05, 3.63) is 24.3 Å². The number of Topliss-reactive ketones (excluding diaryl/α,β-unsaturated/α-hetero) is 1. The third kappa shape index (κ3) is 3.17. The normalized spacial score (nSPS) is 23.2. The molecule has 1 nitrogen and oxygen atoms in total. The maximum absolute atomic E-state index is 10.8. The second kappa shape index (κ2) is 4.12. The second-order valence-corrected chi connectivity index (χ2v) is 3.06. The molecule has 0 fully saturated rings. The van der Waals surface area contributed by atoms with Crippen LogP contribution in [0.2, 0.25) is 0 Å². The third-order valence-electron chi connectivity index (χ3n) is 1.88. The molecular formula is C10H14O. The van der Waals surface area contributed by atoms with Crippen molar-refractivity contribution < 1.29 is 4.79 Å². The van der Waals surface area contributed by atoms with E-state index in [1.807, 2.05) is 6.08 Å². The standard InChI is InChI=1S/C10H14O/c1-9(11)8-10-6-4-2-3-5-7-10/h2-4,6,10H,5,7-8H2,1H3. The SMILES string of the molecule is CC(=O)CC1C=CC=CCC1. The molecule has 1 rings (SSSR count). The Kier molecular flexibility index (Phi) is 3.09. The van der Waals surface area contributed by atoms with Gasteiger partial charge in [-0.3, -0.25) is 0 Å². The van der Waals surface area contributed by atoms with Crippen LogP contribution >= 0.6 is 0 Å². The summed E-state index contributed by atoms with van der Waals surface area (Å²) in [5.41, 5.74) is 0. The van der Waals surface area contributed by atoms with Crippen molar-refractivity contribution in [2.45, 2.75) is 26.2 Å². The predicted octanol–water partition coefficient (Wildman–Crippen LogP) is 2.49. The van der Waals surface area contributed by atoms with Gasteiger partial charge in [0.1, 0.15) is 5.78 Å². The van der Waals surface area contributed by atoms with E-state index in [0.717, 1.165) is 12.8 Å². The highest BCUT2D eigenvalue weighted by molar-refractivity contribution is 5.75. The number of carbonyl (C=O) groups is 1. The molecule has 11 heavy (non-hydrogen) atoms. The zero-order chi connectivity index (χ0) is 8.10. The van der Waals surface area contributed by atoms with E-state index in [2.05, 4.69) is 18.2 Å². The molecule has 0 N–H and O–H groups in total. The Hall–Kier alpha value is -0.850. The van der Waals surface area contributed by atoms with E-state index in [-0.39, 0.29) is 0 Å². The van der Waals surface area contributed by atoms with Gasteiger partial charge in [0, 0.05) is 6.42 Å². The molecule has 0 radical (unpaired) electrons. The lowest BCUT2D eigenvalue weighted by molar-refractivity contribution is -0.117. The summed E-state index contributed by atoms with van der Waals surface area (Å²) in [4.78, 5) is 10.8. The molecule has 0 amide bonds. The van der Waals surface area contributed by atoms with Crippen LogP contribution in [-0.4, -0.2) is 5.78 Å². The molecule has 1 aliphatic carbocycles. The van der Waals surface area contributed by atoms with Crippen LogP contribution in [0.3, 0.4) is 0 Å². The van der Waals surface area contributed by atoms with Crippen LogP contribution < -0.4 is 0 Å². The summed E-state index contributed by atoms with van der Waals surface area (Å²) >= 11 is 0. The molecule has 1 heteroatoms. The molecule has 0 aromatic carbocycles. The van der Waals surface area contributed by atoms with E-state index in [4.69, 9.17) is 0 Å². The number of hydrogen-bond acceptors (Lipinski definition) is 1. The highest BCUT2D eigenvalue weighted by Crippen LogP contribution is 2.16. The topological polar surface area (TPSA) is 17.1 Å². The van der Waals surface area contributed by atoms with Crippen LogP contribution in [-0.2, 0) is 4.79 Å². The van der Waals surface area contributed by atoms with Crippen LogP contribution in [0, 0.1) is 5.92 Å². The zero-order valence-electron chi connectivity index (χ0n) is 6.92. The van der Waals surface area contributed by atoms with Gasteiger partial charge in [-0.25, -0.2) is 0 Å². The van der Waals surface area contributed by atoms with Crippen molar-refractivity contribution in [3.63, 3.8) is 0 Å². The smallest absolute Gasteiger partial charge is 0.130 e. The lowest BCUT2D eigenvalue weighted by Crippen LogP contribution is -2.01. The van der Waals surface area contributed by atoms with Crippen molar-refractivity contribution in [2.24, 2.45) is 5.92 Å². The molecule has 0 bridgehead atoms. The van der Waals surface area contributed by atoms with E-state index in [1.54, 1.807) is 6.92 Å². The molecule has 0 aromatic rings. The van der Waals surface area contributed by atoms with E-state index in [0.29, 0.717) is 18.1 Å². The van der Waals surface area contributed by atoms with E-state index >= 15 is 0 Å². The van der Waals surface area contributed by atoms with E-state index in [1.165, 1.54) is 0 Å². The summed E-state index contributed by atoms with van der Waals surface area (Å²) in [6.07, 6.45) is 11.3. The maximum Gasteiger partial charge on any atom is 0.130 e. The van der Waals surface area contributed by atoms with E-state index in [9.17, 15) is 4.79 Å². The Balaban J connectivity index is 2.41. The third-order valence-corrected chi connectivity index (χ3v) is 1.88. The van der Waals surface area contributed by atoms with Gasteiger partial charge in [0.25, 0.3) is 0 Å². The van der Waals surface area contributed by atoms with Crippen molar-refractivity contribution in [1.29, 1.82) is 0 Å². The quantitative estimate of drug-likeness (QED) is 0.591. The van der Waals surface area contributed by atoms with Crippen LogP contribution in [0.4, 0.5) is 0 Å². The summed E-state index contributed by atoms with van der Waals surface area (Å²) in [6, 6.07) is 0. The molecule has 0 aliphatic heterocycles. The molecule has 0 heterocycles. The summed E-state index contributed by atoms with van der Waals surface area (Å²) < 4.78 is 0. The molecule has 0 saturated heterocycles.